The molecule has 1 aliphatic rings. The highest BCUT2D eigenvalue weighted by molar-refractivity contribution is 4.82. The molecule has 9 heavy (non-hydrogen) atoms. The van der Waals surface area contributed by atoms with Crippen molar-refractivity contribution >= 4 is 0 Å². The molecule has 0 heterocycles. The summed E-state index contributed by atoms with van der Waals surface area (Å²) >= 11 is 0. The van der Waals surface area contributed by atoms with Crippen molar-refractivity contribution in [1.29, 1.82) is 0 Å². The third-order valence-electron chi connectivity index (χ3n) is 1.91. The van der Waals surface area contributed by atoms with Gasteiger partial charge in [0.1, 0.15) is 0 Å². The summed E-state index contributed by atoms with van der Waals surface area (Å²) in [7, 11) is 0. The van der Waals surface area contributed by atoms with E-state index in [1.807, 2.05) is 0 Å². The highest BCUT2D eigenvalue weighted by Crippen LogP contribution is 2.24. The minimum atomic E-state index is 0.810. The molecule has 0 aromatic carbocycles. The highest BCUT2D eigenvalue weighted by atomic mass is 14.2. The van der Waals surface area contributed by atoms with Gasteiger partial charge in [0.05, 0.1) is 0 Å². The molecule has 0 heteroatoms. The molecular formula is C9H15. The largest absolute Gasteiger partial charge is 0.0810 e. The Morgan fingerprint density at radius 2 is 2.11 bits per heavy atom. The third kappa shape index (κ3) is 2.21. The van der Waals surface area contributed by atoms with E-state index >= 15 is 0 Å². The molecular weight excluding hydrogens is 108 g/mol. The summed E-state index contributed by atoms with van der Waals surface area (Å²) in [4.78, 5) is 0. The topological polar surface area (TPSA) is 0 Å². The maximum Gasteiger partial charge on any atom is -0.0162 e. The monoisotopic (exact) mass is 123 g/mol. The van der Waals surface area contributed by atoms with Gasteiger partial charge in [-0.1, -0.05) is 25.8 Å². The molecule has 1 rings (SSSR count). The molecule has 0 nitrogen and oxygen atoms in total. The minimum absolute atomic E-state index is 0.810. The standard InChI is InChI=1S/C9H15/c1-2-3-6-9-7-4-5-8-9/h3,9H,2,4-5,7-8H2,1H3. The summed E-state index contributed by atoms with van der Waals surface area (Å²) < 4.78 is 0. The van der Waals surface area contributed by atoms with Gasteiger partial charge >= 0.3 is 0 Å². The molecule has 0 aliphatic heterocycles. The predicted molar refractivity (Wildman–Crippen MR) is 40.1 cm³/mol. The molecule has 0 saturated heterocycles. The van der Waals surface area contributed by atoms with Crippen LogP contribution < -0.4 is 0 Å². The Balaban J connectivity index is 2.18. The Labute approximate surface area is 58.0 Å². The third-order valence-corrected chi connectivity index (χ3v) is 1.91. The Morgan fingerprint density at radius 3 is 2.67 bits per heavy atom. The molecule has 0 aromatic rings. The van der Waals surface area contributed by atoms with Gasteiger partial charge in [0.15, 0.2) is 0 Å². The van der Waals surface area contributed by atoms with Crippen LogP contribution in [-0.4, -0.2) is 0 Å². The van der Waals surface area contributed by atoms with E-state index in [9.17, 15) is 0 Å². The molecule has 0 bridgehead atoms. The fraction of sp³-hybridized carbons (Fsp3) is 0.778. The van der Waals surface area contributed by atoms with E-state index in [-0.39, 0.29) is 0 Å². The molecule has 1 radical (unpaired) electrons. The summed E-state index contributed by atoms with van der Waals surface area (Å²) in [5.74, 6) is 0.810. The summed E-state index contributed by atoms with van der Waals surface area (Å²) in [6, 6.07) is 0. The van der Waals surface area contributed by atoms with Crippen molar-refractivity contribution in [2.75, 3.05) is 0 Å². The van der Waals surface area contributed by atoms with Crippen LogP contribution in [0.25, 0.3) is 0 Å². The second-order valence-electron chi connectivity index (χ2n) is 2.76. The van der Waals surface area contributed by atoms with Gasteiger partial charge < -0.3 is 0 Å². The zero-order chi connectivity index (χ0) is 6.53. The zero-order valence-electron chi connectivity index (χ0n) is 6.19. The first-order valence-electron chi connectivity index (χ1n) is 4.01. The molecule has 0 spiro atoms. The first kappa shape index (κ1) is 6.85. The molecule has 0 N–H and O–H groups in total. The van der Waals surface area contributed by atoms with Crippen LogP contribution in [0.2, 0.25) is 0 Å². The van der Waals surface area contributed by atoms with Gasteiger partial charge in [0, 0.05) is 0 Å². The van der Waals surface area contributed by atoms with Gasteiger partial charge in [-0.25, -0.2) is 0 Å². The Kier molecular flexibility index (Phi) is 2.82. The lowest BCUT2D eigenvalue weighted by molar-refractivity contribution is 0.663. The SMILES string of the molecule is CC/C=[C]\C1CCCC1. The Hall–Kier alpha value is -0.260. The fourth-order valence-corrected chi connectivity index (χ4v) is 1.38. The van der Waals surface area contributed by atoms with Crippen LogP contribution in [0.3, 0.4) is 0 Å². The molecule has 1 aliphatic carbocycles. The van der Waals surface area contributed by atoms with Gasteiger partial charge in [-0.2, -0.15) is 0 Å². The predicted octanol–water partition coefficient (Wildman–Crippen LogP) is 2.95. The van der Waals surface area contributed by atoms with Crippen LogP contribution in [0.15, 0.2) is 6.08 Å². The van der Waals surface area contributed by atoms with Crippen molar-refractivity contribution in [2.45, 2.75) is 39.0 Å². The lowest BCUT2D eigenvalue weighted by atomic mass is 10.1. The lowest BCUT2D eigenvalue weighted by Crippen LogP contribution is -1.85. The summed E-state index contributed by atoms with van der Waals surface area (Å²) in [6.45, 7) is 2.17. The lowest BCUT2D eigenvalue weighted by Gasteiger charge is -1.96. The molecule has 0 atom stereocenters. The minimum Gasteiger partial charge on any atom is -0.0810 e. The average Bonchev–Trinajstić information content (AvgIpc) is 2.34. The zero-order valence-corrected chi connectivity index (χ0v) is 6.19. The molecule has 1 saturated carbocycles. The van der Waals surface area contributed by atoms with E-state index in [0.29, 0.717) is 0 Å². The van der Waals surface area contributed by atoms with Crippen molar-refractivity contribution in [3.05, 3.63) is 12.2 Å². The van der Waals surface area contributed by atoms with E-state index in [1.54, 1.807) is 0 Å². The van der Waals surface area contributed by atoms with Crippen LogP contribution in [0.5, 0.6) is 0 Å². The van der Waals surface area contributed by atoms with Crippen LogP contribution in [0.4, 0.5) is 0 Å². The normalized spacial score (nSPS) is 21.9. The fourth-order valence-electron chi connectivity index (χ4n) is 1.38. The Morgan fingerprint density at radius 1 is 1.44 bits per heavy atom. The summed E-state index contributed by atoms with van der Waals surface area (Å²) in [5.41, 5.74) is 0. The molecule has 1 fully saturated rings. The average molecular weight is 123 g/mol. The van der Waals surface area contributed by atoms with Crippen LogP contribution in [0, 0.1) is 12.0 Å². The molecule has 0 aromatic heterocycles. The Bertz CT molecular complexity index is 86.2. The number of allylic oxidation sites excluding steroid dienone is 2. The van der Waals surface area contributed by atoms with E-state index < -0.39 is 0 Å². The van der Waals surface area contributed by atoms with E-state index in [4.69, 9.17) is 0 Å². The van der Waals surface area contributed by atoms with Gasteiger partial charge in [-0.15, -0.1) is 0 Å². The maximum atomic E-state index is 3.41. The second kappa shape index (κ2) is 3.71. The van der Waals surface area contributed by atoms with Gasteiger partial charge in [0.25, 0.3) is 0 Å². The molecule has 0 amide bonds. The van der Waals surface area contributed by atoms with Gasteiger partial charge in [-0.05, 0) is 31.3 Å². The number of rotatable bonds is 2. The summed E-state index contributed by atoms with van der Waals surface area (Å²) in [5, 5.41) is 0. The van der Waals surface area contributed by atoms with Crippen molar-refractivity contribution in [3.8, 4) is 0 Å². The maximum absolute atomic E-state index is 3.41. The van der Waals surface area contributed by atoms with E-state index in [0.717, 1.165) is 12.3 Å². The van der Waals surface area contributed by atoms with E-state index in [1.165, 1.54) is 25.7 Å². The van der Waals surface area contributed by atoms with Crippen molar-refractivity contribution < 1.29 is 0 Å². The van der Waals surface area contributed by atoms with Crippen LogP contribution >= 0.6 is 0 Å². The smallest absolute Gasteiger partial charge is 0.0162 e. The van der Waals surface area contributed by atoms with E-state index in [2.05, 4.69) is 19.1 Å². The van der Waals surface area contributed by atoms with Gasteiger partial charge in [0.2, 0.25) is 0 Å². The number of hydrogen-bond acceptors (Lipinski definition) is 0. The number of hydrogen-bond donors (Lipinski definition) is 0. The molecule has 51 valence electrons. The van der Waals surface area contributed by atoms with Gasteiger partial charge in [-0.3, -0.25) is 0 Å². The first-order valence-corrected chi connectivity index (χ1v) is 4.01. The molecule has 0 unspecified atom stereocenters. The first-order chi connectivity index (χ1) is 4.43. The van der Waals surface area contributed by atoms with Crippen molar-refractivity contribution in [2.24, 2.45) is 5.92 Å². The second-order valence-corrected chi connectivity index (χ2v) is 2.76. The quantitative estimate of drug-likeness (QED) is 0.529. The summed E-state index contributed by atoms with van der Waals surface area (Å²) in [6.07, 6.45) is 12.4. The van der Waals surface area contributed by atoms with Crippen molar-refractivity contribution in [3.63, 3.8) is 0 Å². The van der Waals surface area contributed by atoms with Crippen LogP contribution in [0.1, 0.15) is 39.0 Å². The highest BCUT2D eigenvalue weighted by Gasteiger charge is 2.10. The van der Waals surface area contributed by atoms with Crippen LogP contribution in [-0.2, 0) is 0 Å². The van der Waals surface area contributed by atoms with Crippen molar-refractivity contribution in [1.82, 2.24) is 0 Å².